The highest BCUT2D eigenvalue weighted by Gasteiger charge is 2.45. The van der Waals surface area contributed by atoms with Crippen LogP contribution in [0.15, 0.2) is 18.2 Å². The van der Waals surface area contributed by atoms with Crippen molar-refractivity contribution in [3.63, 3.8) is 0 Å². The highest BCUT2D eigenvalue weighted by Crippen LogP contribution is 2.33. The van der Waals surface area contributed by atoms with Crippen LogP contribution >= 0.6 is 0 Å². The molecule has 0 atom stereocenters. The molecule has 1 heterocycles. The molecule has 1 aliphatic carbocycles. The normalized spacial score (nSPS) is 16.3. The smallest absolute Gasteiger partial charge is 0.244 e. The topological polar surface area (TPSA) is 83.8 Å². The van der Waals surface area contributed by atoms with Crippen LogP contribution in [-0.2, 0) is 11.2 Å². The van der Waals surface area contributed by atoms with Crippen molar-refractivity contribution in [2.24, 2.45) is 5.73 Å². The summed E-state index contributed by atoms with van der Waals surface area (Å²) >= 11 is 0. The number of aryl methyl sites for hydroxylation is 1. The van der Waals surface area contributed by atoms with Crippen molar-refractivity contribution in [1.82, 2.24) is 9.97 Å². The number of hydrogen-bond acceptors (Lipinski definition) is 3. The molecule has 2 aromatic rings. The Bertz CT molecular complexity index is 642. The number of anilines is 1. The van der Waals surface area contributed by atoms with Crippen LogP contribution in [-0.4, -0.2) is 21.4 Å². The van der Waals surface area contributed by atoms with E-state index in [2.05, 4.69) is 22.2 Å². The second-order valence-corrected chi connectivity index (χ2v) is 5.63. The van der Waals surface area contributed by atoms with Crippen molar-refractivity contribution in [3.05, 3.63) is 24.0 Å². The molecular weight excluding hydrogens is 252 g/mol. The molecule has 5 nitrogen and oxygen atoms in total. The maximum absolute atomic E-state index is 11.9. The van der Waals surface area contributed by atoms with E-state index < -0.39 is 5.54 Å². The number of carbonyl (C=O) groups excluding carboxylic acids is 1. The van der Waals surface area contributed by atoms with Crippen molar-refractivity contribution < 1.29 is 4.79 Å². The van der Waals surface area contributed by atoms with Crippen LogP contribution in [0.2, 0.25) is 0 Å². The number of rotatable bonds is 5. The zero-order valence-corrected chi connectivity index (χ0v) is 11.7. The lowest BCUT2D eigenvalue weighted by atomic mass is 10.2. The Balaban J connectivity index is 1.77. The Kier molecular flexibility index (Phi) is 3.22. The molecule has 106 valence electrons. The third kappa shape index (κ3) is 2.54. The van der Waals surface area contributed by atoms with Crippen LogP contribution in [0.4, 0.5) is 5.69 Å². The number of benzene rings is 1. The molecule has 1 saturated carbocycles. The van der Waals surface area contributed by atoms with Gasteiger partial charge in [0.25, 0.3) is 0 Å². The molecule has 0 bridgehead atoms. The predicted octanol–water partition coefficient (Wildman–Crippen LogP) is 2.34. The molecule has 1 aromatic heterocycles. The van der Waals surface area contributed by atoms with Crippen LogP contribution in [0, 0.1) is 0 Å². The van der Waals surface area contributed by atoms with Crippen molar-refractivity contribution >= 4 is 22.6 Å². The van der Waals surface area contributed by atoms with Crippen LogP contribution < -0.4 is 11.1 Å². The molecular formula is C15H20N4O. The van der Waals surface area contributed by atoms with E-state index in [1.807, 2.05) is 18.2 Å². The highest BCUT2D eigenvalue weighted by molar-refractivity contribution is 6.01. The largest absolute Gasteiger partial charge is 0.342 e. The first-order chi connectivity index (χ1) is 9.60. The number of nitrogens with one attached hydrogen (secondary N) is 2. The zero-order chi connectivity index (χ0) is 14.2. The number of nitrogens with two attached hydrogens (primary N) is 1. The van der Waals surface area contributed by atoms with Gasteiger partial charge >= 0.3 is 0 Å². The lowest BCUT2D eigenvalue weighted by Crippen LogP contribution is -2.37. The van der Waals surface area contributed by atoms with E-state index in [-0.39, 0.29) is 5.91 Å². The van der Waals surface area contributed by atoms with Gasteiger partial charge in [-0.2, -0.15) is 0 Å². The third-order valence-corrected chi connectivity index (χ3v) is 3.80. The Hall–Kier alpha value is -1.88. The number of hydrogen-bond donors (Lipinski definition) is 3. The van der Waals surface area contributed by atoms with Crippen LogP contribution in [0.25, 0.3) is 11.0 Å². The van der Waals surface area contributed by atoms with Gasteiger partial charge in [0, 0.05) is 12.1 Å². The number of amides is 1. The summed E-state index contributed by atoms with van der Waals surface area (Å²) in [6.45, 7) is 2.16. The average Bonchev–Trinajstić information content (AvgIpc) is 3.05. The molecule has 0 radical (unpaired) electrons. The fourth-order valence-corrected chi connectivity index (χ4v) is 2.22. The van der Waals surface area contributed by atoms with Crippen molar-refractivity contribution in [1.29, 1.82) is 0 Å². The summed E-state index contributed by atoms with van der Waals surface area (Å²) < 4.78 is 0. The van der Waals surface area contributed by atoms with Gasteiger partial charge in [-0.05, 0) is 37.5 Å². The van der Waals surface area contributed by atoms with Gasteiger partial charge in [-0.15, -0.1) is 0 Å². The van der Waals surface area contributed by atoms with E-state index in [9.17, 15) is 4.79 Å². The molecule has 20 heavy (non-hydrogen) atoms. The van der Waals surface area contributed by atoms with E-state index in [0.717, 1.165) is 54.6 Å². The van der Waals surface area contributed by atoms with Gasteiger partial charge in [0.1, 0.15) is 5.82 Å². The van der Waals surface area contributed by atoms with E-state index >= 15 is 0 Å². The van der Waals surface area contributed by atoms with Gasteiger partial charge in [0.05, 0.1) is 16.6 Å². The number of aromatic nitrogens is 2. The minimum atomic E-state index is -0.644. The molecule has 1 fully saturated rings. The number of imidazole rings is 1. The van der Waals surface area contributed by atoms with Gasteiger partial charge in [0.15, 0.2) is 0 Å². The zero-order valence-electron chi connectivity index (χ0n) is 11.7. The predicted molar refractivity (Wildman–Crippen MR) is 79.5 cm³/mol. The van der Waals surface area contributed by atoms with Gasteiger partial charge in [0.2, 0.25) is 5.91 Å². The monoisotopic (exact) mass is 272 g/mol. The lowest BCUT2D eigenvalue weighted by molar-refractivity contribution is -0.118. The van der Waals surface area contributed by atoms with Gasteiger partial charge < -0.3 is 16.0 Å². The Morgan fingerprint density at radius 1 is 1.50 bits per heavy atom. The molecule has 4 N–H and O–H groups in total. The quantitative estimate of drug-likeness (QED) is 0.781. The Labute approximate surface area is 118 Å². The number of nitrogens with zero attached hydrogens (tertiary/aromatic N) is 1. The summed E-state index contributed by atoms with van der Waals surface area (Å²) in [5.41, 5.74) is 7.89. The molecule has 0 spiro atoms. The lowest BCUT2D eigenvalue weighted by Gasteiger charge is -2.09. The summed E-state index contributed by atoms with van der Waals surface area (Å²) in [5.74, 6) is 0.908. The third-order valence-electron chi connectivity index (χ3n) is 3.80. The molecule has 1 aromatic carbocycles. The number of H-pyrrole nitrogens is 1. The van der Waals surface area contributed by atoms with Gasteiger partial charge in [-0.1, -0.05) is 13.3 Å². The van der Waals surface area contributed by atoms with Crippen molar-refractivity contribution in [3.8, 4) is 0 Å². The number of carbonyl (C=O) groups is 1. The fourth-order valence-electron chi connectivity index (χ4n) is 2.22. The Morgan fingerprint density at radius 3 is 3.00 bits per heavy atom. The molecule has 1 amide bonds. The molecule has 0 saturated heterocycles. The Morgan fingerprint density at radius 2 is 2.30 bits per heavy atom. The maximum atomic E-state index is 11.9. The van der Waals surface area contributed by atoms with Gasteiger partial charge in [-0.3, -0.25) is 4.79 Å². The summed E-state index contributed by atoms with van der Waals surface area (Å²) in [4.78, 5) is 19.8. The van der Waals surface area contributed by atoms with E-state index in [4.69, 9.17) is 5.73 Å². The van der Waals surface area contributed by atoms with Crippen molar-refractivity contribution in [2.45, 2.75) is 44.6 Å². The standard InChI is InChI=1S/C15H20N4O/c1-2-3-4-13-18-11-6-5-10(9-12(11)19-13)17-14(20)15(16)7-8-15/h5-6,9H,2-4,7-8,16H2,1H3,(H,17,20)(H,18,19). The SMILES string of the molecule is CCCCc1nc2ccc(NC(=O)C3(N)CC3)cc2[nH]1. The van der Waals surface area contributed by atoms with E-state index in [1.165, 1.54) is 0 Å². The second kappa shape index (κ2) is 4.90. The van der Waals surface area contributed by atoms with E-state index in [1.54, 1.807) is 0 Å². The molecule has 5 heteroatoms. The van der Waals surface area contributed by atoms with Crippen LogP contribution in [0.1, 0.15) is 38.4 Å². The first-order valence-electron chi connectivity index (χ1n) is 7.20. The maximum Gasteiger partial charge on any atom is 0.244 e. The first-order valence-corrected chi connectivity index (χ1v) is 7.20. The average molecular weight is 272 g/mol. The highest BCUT2D eigenvalue weighted by atomic mass is 16.2. The molecule has 3 rings (SSSR count). The molecule has 0 aliphatic heterocycles. The first kappa shape index (κ1) is 13.1. The number of aromatic amines is 1. The summed E-state index contributed by atoms with van der Waals surface area (Å²) in [6, 6.07) is 5.71. The number of fused-ring (bicyclic) bond motifs is 1. The fraction of sp³-hybridized carbons (Fsp3) is 0.467. The van der Waals surface area contributed by atoms with E-state index in [0.29, 0.717) is 0 Å². The summed E-state index contributed by atoms with van der Waals surface area (Å²) in [7, 11) is 0. The minimum absolute atomic E-state index is 0.0948. The summed E-state index contributed by atoms with van der Waals surface area (Å²) in [5, 5.41) is 2.88. The number of unbranched alkanes of at least 4 members (excludes halogenated alkanes) is 1. The van der Waals surface area contributed by atoms with Crippen molar-refractivity contribution in [2.75, 3.05) is 5.32 Å². The molecule has 0 unspecified atom stereocenters. The summed E-state index contributed by atoms with van der Waals surface area (Å²) in [6.07, 6.45) is 4.77. The van der Waals surface area contributed by atoms with Gasteiger partial charge in [-0.25, -0.2) is 4.98 Å². The second-order valence-electron chi connectivity index (χ2n) is 5.63. The van der Waals surface area contributed by atoms with Crippen LogP contribution in [0.3, 0.4) is 0 Å². The van der Waals surface area contributed by atoms with Crippen LogP contribution in [0.5, 0.6) is 0 Å². The minimum Gasteiger partial charge on any atom is -0.342 e. The molecule has 1 aliphatic rings.